The number of halogens is 2. The van der Waals surface area contributed by atoms with Gasteiger partial charge in [0.25, 0.3) is 5.91 Å². The highest BCUT2D eigenvalue weighted by atomic mass is 79.9. The number of carbonyl (C=O) groups excluding carboxylic acids is 4. The van der Waals surface area contributed by atoms with E-state index in [1.54, 1.807) is 12.1 Å². The molecule has 3 aliphatic rings. The summed E-state index contributed by atoms with van der Waals surface area (Å²) in [4.78, 5) is 51.1. The van der Waals surface area contributed by atoms with Crippen LogP contribution in [-0.2, 0) is 23.9 Å². The minimum Gasteiger partial charge on any atom is -0.456 e. The highest BCUT2D eigenvalue weighted by molar-refractivity contribution is 9.12. The lowest BCUT2D eigenvalue weighted by Gasteiger charge is -2.28. The molecule has 1 saturated heterocycles. The van der Waals surface area contributed by atoms with E-state index in [2.05, 4.69) is 37.2 Å². The van der Waals surface area contributed by atoms with Crippen LogP contribution in [0.1, 0.15) is 18.4 Å². The van der Waals surface area contributed by atoms with Crippen LogP contribution in [0.2, 0.25) is 0 Å². The van der Waals surface area contributed by atoms with Crippen LogP contribution in [-0.4, -0.2) is 51.4 Å². The maximum absolute atomic E-state index is 12.8. The second kappa shape index (κ2) is 8.42. The number of fused-ring (bicyclic) bond motifs is 5. The molecule has 2 saturated carbocycles. The molecule has 0 unspecified atom stereocenters. The number of aryl methyl sites for hydroxylation is 1. The van der Waals surface area contributed by atoms with Gasteiger partial charge >= 0.3 is 5.97 Å². The van der Waals surface area contributed by atoms with Crippen LogP contribution >= 0.6 is 31.9 Å². The van der Waals surface area contributed by atoms with Crippen molar-refractivity contribution >= 4 is 61.2 Å². The third-order valence-corrected chi connectivity index (χ3v) is 9.52. The summed E-state index contributed by atoms with van der Waals surface area (Å²) in [6.45, 7) is 1.51. The molecule has 1 N–H and O–H groups in total. The van der Waals surface area contributed by atoms with Gasteiger partial charge in [0, 0.05) is 21.9 Å². The summed E-state index contributed by atoms with van der Waals surface area (Å²) in [5.41, 5.74) is 1.69. The molecule has 7 nitrogen and oxygen atoms in total. The number of amides is 3. The van der Waals surface area contributed by atoms with Crippen LogP contribution < -0.4 is 5.32 Å². The maximum Gasteiger partial charge on any atom is 0.308 e. The van der Waals surface area contributed by atoms with Gasteiger partial charge in [-0.1, -0.05) is 49.6 Å². The van der Waals surface area contributed by atoms with E-state index in [0.29, 0.717) is 5.69 Å². The average molecular weight is 542 g/mol. The molecule has 3 fully saturated rings. The summed E-state index contributed by atoms with van der Waals surface area (Å²) in [5.74, 6) is -1.75. The molecule has 160 valence electrons. The number of nitrogens with one attached hydrogen (secondary N) is 1. The number of hydrogen-bond acceptors (Lipinski definition) is 5. The molecule has 2 aliphatic carbocycles. The molecule has 0 aromatic heterocycles. The SMILES string of the molecule is Cc1ccc(NC(=O)COC(=O)CCN2C(=O)[C@@H]3[C@H]4C[C@@H]([C@H](Br)[C@@H]4Br)[C@@H]3C2=O)cc1. The van der Waals surface area contributed by atoms with E-state index in [0.717, 1.165) is 12.0 Å². The van der Waals surface area contributed by atoms with Crippen LogP contribution in [0, 0.1) is 30.6 Å². The lowest BCUT2D eigenvalue weighted by Crippen LogP contribution is -2.37. The van der Waals surface area contributed by atoms with Gasteiger partial charge < -0.3 is 10.1 Å². The molecule has 6 atom stereocenters. The van der Waals surface area contributed by atoms with Gasteiger partial charge in [0.15, 0.2) is 6.61 Å². The minimum atomic E-state index is -0.619. The first-order valence-electron chi connectivity index (χ1n) is 9.93. The van der Waals surface area contributed by atoms with Crippen molar-refractivity contribution in [1.29, 1.82) is 0 Å². The van der Waals surface area contributed by atoms with Crippen LogP contribution in [0.4, 0.5) is 5.69 Å². The van der Waals surface area contributed by atoms with Crippen LogP contribution in [0.3, 0.4) is 0 Å². The van der Waals surface area contributed by atoms with Crippen molar-refractivity contribution in [3.8, 4) is 0 Å². The number of ether oxygens (including phenoxy) is 1. The monoisotopic (exact) mass is 540 g/mol. The fraction of sp³-hybridized carbons (Fsp3) is 0.524. The third kappa shape index (κ3) is 3.82. The van der Waals surface area contributed by atoms with Crippen molar-refractivity contribution in [3.05, 3.63) is 29.8 Å². The number of imide groups is 1. The van der Waals surface area contributed by atoms with Gasteiger partial charge in [-0.2, -0.15) is 0 Å². The summed E-state index contributed by atoms with van der Waals surface area (Å²) in [7, 11) is 0. The molecular weight excluding hydrogens is 520 g/mol. The van der Waals surface area contributed by atoms with Crippen molar-refractivity contribution in [3.63, 3.8) is 0 Å². The van der Waals surface area contributed by atoms with Crippen molar-refractivity contribution in [2.45, 2.75) is 29.4 Å². The Hall–Kier alpha value is -1.74. The van der Waals surface area contributed by atoms with Gasteiger partial charge in [0.2, 0.25) is 11.8 Å². The predicted molar refractivity (Wildman–Crippen MR) is 116 cm³/mol. The zero-order chi connectivity index (χ0) is 21.6. The third-order valence-electron chi connectivity index (χ3n) is 6.32. The Morgan fingerprint density at radius 2 is 1.63 bits per heavy atom. The molecule has 2 bridgehead atoms. The minimum absolute atomic E-state index is 0.0115. The smallest absolute Gasteiger partial charge is 0.308 e. The fourth-order valence-corrected chi connectivity index (χ4v) is 6.76. The Morgan fingerprint density at radius 3 is 2.20 bits per heavy atom. The number of rotatable bonds is 6. The van der Waals surface area contributed by atoms with Gasteiger partial charge in [-0.3, -0.25) is 24.1 Å². The Kier molecular flexibility index (Phi) is 6.03. The van der Waals surface area contributed by atoms with E-state index in [4.69, 9.17) is 4.74 Å². The van der Waals surface area contributed by atoms with Gasteiger partial charge in [0.1, 0.15) is 0 Å². The molecule has 1 aromatic rings. The second-order valence-corrected chi connectivity index (χ2v) is 10.3. The van der Waals surface area contributed by atoms with Crippen molar-refractivity contribution < 1.29 is 23.9 Å². The fourth-order valence-electron chi connectivity index (χ4n) is 4.89. The number of alkyl halides is 2. The Balaban J connectivity index is 1.25. The molecule has 0 radical (unpaired) electrons. The summed E-state index contributed by atoms with van der Waals surface area (Å²) in [5, 5.41) is 2.64. The topological polar surface area (TPSA) is 92.8 Å². The van der Waals surface area contributed by atoms with Crippen LogP contribution in [0.5, 0.6) is 0 Å². The van der Waals surface area contributed by atoms with Gasteiger partial charge in [-0.15, -0.1) is 0 Å². The van der Waals surface area contributed by atoms with E-state index >= 15 is 0 Å². The number of esters is 1. The number of benzene rings is 1. The Morgan fingerprint density at radius 1 is 1.07 bits per heavy atom. The number of hydrogen-bond donors (Lipinski definition) is 1. The Bertz CT molecular complexity index is 858. The quantitative estimate of drug-likeness (QED) is 0.339. The van der Waals surface area contributed by atoms with Crippen molar-refractivity contribution in [2.75, 3.05) is 18.5 Å². The zero-order valence-electron chi connectivity index (χ0n) is 16.3. The first kappa shape index (κ1) is 21.5. The molecule has 4 rings (SSSR count). The van der Waals surface area contributed by atoms with E-state index < -0.39 is 18.5 Å². The first-order chi connectivity index (χ1) is 14.3. The standard InChI is InChI=1S/C21H22Br2N2O5/c1-10-2-4-11(5-3-10)24-14(26)9-30-15(27)6-7-25-20(28)16-12-8-13(17(16)21(25)29)19(23)18(12)22/h2-5,12-13,16-19H,6-9H2,1H3,(H,24,26)/t12-,13-,16-,17+,18-,19+/m1/s1. The van der Waals surface area contributed by atoms with Gasteiger partial charge in [-0.25, -0.2) is 0 Å². The van der Waals surface area contributed by atoms with Crippen molar-refractivity contribution in [1.82, 2.24) is 4.90 Å². The molecule has 0 spiro atoms. The Labute approximate surface area is 191 Å². The van der Waals surface area contributed by atoms with Crippen molar-refractivity contribution in [2.24, 2.45) is 23.7 Å². The van der Waals surface area contributed by atoms with E-state index in [-0.39, 0.29) is 58.1 Å². The highest BCUT2D eigenvalue weighted by Crippen LogP contribution is 2.60. The number of anilines is 1. The van der Waals surface area contributed by atoms with E-state index in [1.807, 2.05) is 19.1 Å². The number of nitrogens with zero attached hydrogens (tertiary/aromatic N) is 1. The summed E-state index contributed by atoms with van der Waals surface area (Å²) < 4.78 is 5.00. The molecule has 1 aromatic carbocycles. The second-order valence-electron chi connectivity index (χ2n) is 8.16. The van der Waals surface area contributed by atoms with E-state index in [1.165, 1.54) is 4.90 Å². The predicted octanol–water partition coefficient (Wildman–Crippen LogP) is 2.64. The molecular formula is C21H22Br2N2O5. The van der Waals surface area contributed by atoms with Gasteiger partial charge in [-0.05, 0) is 37.3 Å². The lowest BCUT2D eigenvalue weighted by molar-refractivity contribution is -0.149. The highest BCUT2D eigenvalue weighted by Gasteiger charge is 2.66. The zero-order valence-corrected chi connectivity index (χ0v) is 19.5. The summed E-state index contributed by atoms with van der Waals surface area (Å²) in [6, 6.07) is 7.25. The molecule has 9 heteroatoms. The first-order valence-corrected chi connectivity index (χ1v) is 11.8. The summed E-state index contributed by atoms with van der Waals surface area (Å²) in [6.07, 6.45) is 0.740. The number of likely N-dealkylation sites (tertiary alicyclic amines) is 1. The van der Waals surface area contributed by atoms with Gasteiger partial charge in [0.05, 0.1) is 18.3 Å². The maximum atomic E-state index is 12.8. The summed E-state index contributed by atoms with van der Waals surface area (Å²) >= 11 is 7.29. The van der Waals surface area contributed by atoms with Crippen LogP contribution in [0.15, 0.2) is 24.3 Å². The molecule has 1 heterocycles. The molecule has 30 heavy (non-hydrogen) atoms. The van der Waals surface area contributed by atoms with E-state index in [9.17, 15) is 19.2 Å². The average Bonchev–Trinajstić information content (AvgIpc) is 3.32. The number of carbonyl (C=O) groups is 4. The molecule has 1 aliphatic heterocycles. The van der Waals surface area contributed by atoms with Crippen LogP contribution in [0.25, 0.3) is 0 Å². The molecule has 3 amide bonds. The lowest BCUT2D eigenvalue weighted by atomic mass is 9.81. The normalized spacial score (nSPS) is 31.8. The largest absolute Gasteiger partial charge is 0.456 e.